The molecule has 0 bridgehead atoms. The highest BCUT2D eigenvalue weighted by Gasteiger charge is 2.60. The van der Waals surface area contributed by atoms with E-state index in [-0.39, 0.29) is 0 Å². The largest absolute Gasteiger partial charge is 0.441 e. The fourth-order valence-corrected chi connectivity index (χ4v) is 0.494. The molecule has 0 heterocycles. The van der Waals surface area contributed by atoms with Gasteiger partial charge < -0.3 is 4.74 Å². The van der Waals surface area contributed by atoms with E-state index >= 15 is 0 Å². The lowest BCUT2D eigenvalue weighted by molar-refractivity contribution is -0.323. The molecule has 0 aliphatic rings. The lowest BCUT2D eigenvalue weighted by atomic mass is 10.2. The summed E-state index contributed by atoms with van der Waals surface area (Å²) in [4.78, 5) is 10.6. The Balaban J connectivity index is 4.62. The van der Waals surface area contributed by atoms with E-state index in [4.69, 9.17) is 0 Å². The summed E-state index contributed by atoms with van der Waals surface area (Å²) in [6.45, 7) is 2.25. The summed E-state index contributed by atoms with van der Waals surface area (Å²) < 4.78 is 74.7. The molecule has 8 heteroatoms. The second-order valence-electron chi connectivity index (χ2n) is 3.04. The van der Waals surface area contributed by atoms with Crippen LogP contribution in [0.2, 0.25) is 0 Å². The topological polar surface area (TPSA) is 26.3 Å². The molecule has 0 aromatic rings. The van der Waals surface area contributed by atoms with E-state index in [1.54, 1.807) is 0 Å². The average Bonchev–Trinajstić information content (AvgIpc) is 2.00. The maximum atomic E-state index is 12.4. The third-order valence-corrected chi connectivity index (χ3v) is 1.29. The van der Waals surface area contributed by atoms with Crippen molar-refractivity contribution in [2.45, 2.75) is 32.3 Å². The van der Waals surface area contributed by atoms with Crippen LogP contribution in [-0.4, -0.2) is 24.4 Å². The van der Waals surface area contributed by atoms with Gasteiger partial charge >= 0.3 is 18.3 Å². The quantitative estimate of drug-likeness (QED) is 0.558. The Morgan fingerprint density at radius 1 is 1.13 bits per heavy atom. The molecular weight excluding hydrogens is 230 g/mol. The van der Waals surface area contributed by atoms with E-state index in [2.05, 4.69) is 4.74 Å². The average molecular weight is 238 g/mol. The van der Waals surface area contributed by atoms with Crippen LogP contribution in [0.25, 0.3) is 0 Å². The van der Waals surface area contributed by atoms with Crippen molar-refractivity contribution < 1.29 is 35.9 Å². The van der Waals surface area contributed by atoms with Crippen LogP contribution in [0.4, 0.5) is 26.3 Å². The Kier molecular flexibility index (Phi) is 4.01. The second kappa shape index (κ2) is 4.28. The van der Waals surface area contributed by atoms with Gasteiger partial charge in [0.25, 0.3) is 6.17 Å². The van der Waals surface area contributed by atoms with Crippen molar-refractivity contribution in [3.05, 3.63) is 0 Å². The molecule has 0 amide bonds. The predicted molar refractivity (Wildman–Crippen MR) is 36.8 cm³/mol. The van der Waals surface area contributed by atoms with Crippen LogP contribution in [-0.2, 0) is 9.53 Å². The lowest BCUT2D eigenvalue weighted by Crippen LogP contribution is -2.45. The molecule has 0 aliphatic carbocycles. The summed E-state index contributed by atoms with van der Waals surface area (Å²) in [5.41, 5.74) is 0. The van der Waals surface area contributed by atoms with Crippen LogP contribution in [0.1, 0.15) is 13.8 Å². The molecule has 0 aromatic heterocycles. The van der Waals surface area contributed by atoms with Gasteiger partial charge in [0.2, 0.25) is 0 Å². The molecule has 0 fully saturated rings. The van der Waals surface area contributed by atoms with Gasteiger partial charge in [-0.05, 0) is 0 Å². The summed E-state index contributed by atoms with van der Waals surface area (Å²) in [7, 11) is 0. The Morgan fingerprint density at radius 3 is 1.80 bits per heavy atom. The van der Waals surface area contributed by atoms with Crippen molar-refractivity contribution in [3.8, 4) is 0 Å². The Hall–Kier alpha value is -0.950. The van der Waals surface area contributed by atoms with E-state index in [1.807, 2.05) is 0 Å². The maximum Gasteiger partial charge on any atom is 0.441 e. The molecular formula is C7H8F6O2. The molecule has 0 saturated carbocycles. The number of carbonyl (C=O) groups is 1. The fourth-order valence-electron chi connectivity index (χ4n) is 0.494. The lowest BCUT2D eigenvalue weighted by Gasteiger charge is -2.22. The number of esters is 1. The Morgan fingerprint density at radius 2 is 1.53 bits per heavy atom. The van der Waals surface area contributed by atoms with Gasteiger partial charge in [-0.1, -0.05) is 13.8 Å². The first-order chi connectivity index (χ1) is 6.48. The van der Waals surface area contributed by atoms with Gasteiger partial charge in [-0.2, -0.15) is 22.0 Å². The minimum absolute atomic E-state index is 1.07. The molecule has 1 unspecified atom stereocenters. The van der Waals surface area contributed by atoms with E-state index in [1.165, 1.54) is 0 Å². The molecule has 2 nitrogen and oxygen atoms in total. The van der Waals surface area contributed by atoms with Crippen molar-refractivity contribution in [2.24, 2.45) is 5.92 Å². The standard InChI is InChI=1S/C7H8F6O2/c1-3(2)4(14)15-7(12,13)5(8)6(9,10)11/h3,5H,1-2H3. The molecule has 0 rings (SSSR count). The number of rotatable bonds is 3. The summed E-state index contributed by atoms with van der Waals surface area (Å²) in [5.74, 6) is -2.68. The maximum absolute atomic E-state index is 12.4. The molecule has 0 radical (unpaired) electrons. The van der Waals surface area contributed by atoms with Crippen LogP contribution in [0.5, 0.6) is 0 Å². The van der Waals surface area contributed by atoms with E-state index in [0.29, 0.717) is 0 Å². The minimum Gasteiger partial charge on any atom is -0.398 e. The predicted octanol–water partition coefficient (Wildman–Crippen LogP) is 2.68. The molecule has 0 N–H and O–H groups in total. The molecule has 15 heavy (non-hydrogen) atoms. The van der Waals surface area contributed by atoms with Crippen LogP contribution in [0.15, 0.2) is 0 Å². The Bertz CT molecular complexity index is 234. The molecule has 0 spiro atoms. The monoisotopic (exact) mass is 238 g/mol. The number of carbonyl (C=O) groups excluding carboxylic acids is 1. The van der Waals surface area contributed by atoms with Crippen molar-refractivity contribution in [2.75, 3.05) is 0 Å². The summed E-state index contributed by atoms with van der Waals surface area (Å²) >= 11 is 0. The van der Waals surface area contributed by atoms with Crippen molar-refractivity contribution >= 4 is 5.97 Å². The summed E-state index contributed by atoms with van der Waals surface area (Å²) in [5, 5.41) is 0. The van der Waals surface area contributed by atoms with Crippen LogP contribution in [0, 0.1) is 5.92 Å². The van der Waals surface area contributed by atoms with Crippen LogP contribution in [0.3, 0.4) is 0 Å². The molecule has 0 aliphatic heterocycles. The van der Waals surface area contributed by atoms with Gasteiger partial charge in [-0.3, -0.25) is 4.79 Å². The number of hydrogen-bond donors (Lipinski definition) is 0. The van der Waals surface area contributed by atoms with Crippen molar-refractivity contribution in [1.82, 2.24) is 0 Å². The highest BCUT2D eigenvalue weighted by Crippen LogP contribution is 2.36. The fraction of sp³-hybridized carbons (Fsp3) is 0.857. The first kappa shape index (κ1) is 14.0. The zero-order chi connectivity index (χ0) is 12.4. The van der Waals surface area contributed by atoms with Gasteiger partial charge in [0.1, 0.15) is 0 Å². The third kappa shape index (κ3) is 3.96. The summed E-state index contributed by atoms with van der Waals surface area (Å²) in [6.07, 6.45) is -15.5. The second-order valence-corrected chi connectivity index (χ2v) is 3.04. The zero-order valence-electron chi connectivity index (χ0n) is 7.74. The number of alkyl halides is 6. The number of halogens is 6. The highest BCUT2D eigenvalue weighted by molar-refractivity contribution is 5.71. The zero-order valence-corrected chi connectivity index (χ0v) is 7.74. The van der Waals surface area contributed by atoms with Crippen LogP contribution >= 0.6 is 0 Å². The minimum atomic E-state index is -5.78. The molecule has 0 saturated heterocycles. The van der Waals surface area contributed by atoms with Gasteiger partial charge in [-0.15, -0.1) is 0 Å². The molecule has 90 valence electrons. The van der Waals surface area contributed by atoms with Gasteiger partial charge in [0.05, 0.1) is 5.92 Å². The first-order valence-electron chi connectivity index (χ1n) is 3.80. The first-order valence-corrected chi connectivity index (χ1v) is 3.80. The van der Waals surface area contributed by atoms with Crippen molar-refractivity contribution in [1.29, 1.82) is 0 Å². The van der Waals surface area contributed by atoms with E-state index in [9.17, 15) is 31.1 Å². The van der Waals surface area contributed by atoms with E-state index < -0.39 is 30.3 Å². The molecule has 1 atom stereocenters. The van der Waals surface area contributed by atoms with Crippen LogP contribution < -0.4 is 0 Å². The van der Waals surface area contributed by atoms with Crippen molar-refractivity contribution in [3.63, 3.8) is 0 Å². The van der Waals surface area contributed by atoms with Gasteiger partial charge in [0, 0.05) is 0 Å². The van der Waals surface area contributed by atoms with Gasteiger partial charge in [0.15, 0.2) is 0 Å². The third-order valence-electron chi connectivity index (χ3n) is 1.29. The SMILES string of the molecule is CC(C)C(=O)OC(F)(F)C(F)C(F)(F)F. The summed E-state index contributed by atoms with van der Waals surface area (Å²) in [6, 6.07) is 0. The van der Waals surface area contributed by atoms with E-state index in [0.717, 1.165) is 13.8 Å². The molecule has 0 aromatic carbocycles. The number of hydrogen-bond acceptors (Lipinski definition) is 2. The Labute approximate surface area is 81.2 Å². The number of ether oxygens (including phenoxy) is 1. The normalized spacial score (nSPS) is 15.3. The highest BCUT2D eigenvalue weighted by atomic mass is 19.4. The smallest absolute Gasteiger partial charge is 0.398 e. The van der Waals surface area contributed by atoms with Gasteiger partial charge in [-0.25, -0.2) is 4.39 Å².